The number of thioether (sulfide) groups is 1. The third-order valence-corrected chi connectivity index (χ3v) is 3.73. The summed E-state index contributed by atoms with van der Waals surface area (Å²) in [4.78, 5) is 0. The molecule has 0 heterocycles. The molecule has 0 aromatic heterocycles. The Morgan fingerprint density at radius 1 is 1.58 bits per heavy atom. The lowest BCUT2D eigenvalue weighted by Crippen LogP contribution is -2.33. The van der Waals surface area contributed by atoms with Gasteiger partial charge in [-0.3, -0.25) is 0 Å². The van der Waals surface area contributed by atoms with Crippen molar-refractivity contribution < 1.29 is 8.42 Å². The van der Waals surface area contributed by atoms with E-state index in [1.165, 1.54) is 0 Å². The van der Waals surface area contributed by atoms with E-state index < -0.39 is 10.0 Å². The minimum Gasteiger partial charge on any atom is -0.329 e. The first kappa shape index (κ1) is 12.2. The molecule has 0 fully saturated rings. The van der Waals surface area contributed by atoms with Gasteiger partial charge in [0.25, 0.3) is 0 Å². The van der Waals surface area contributed by atoms with Gasteiger partial charge >= 0.3 is 0 Å². The molecule has 0 saturated carbocycles. The Morgan fingerprint density at radius 3 is 2.58 bits per heavy atom. The van der Waals surface area contributed by atoms with Crippen molar-refractivity contribution in [2.75, 3.05) is 25.1 Å². The number of hydrogen-bond donors (Lipinski definition) is 2. The first-order chi connectivity index (χ1) is 5.52. The third-order valence-electron chi connectivity index (χ3n) is 1.38. The van der Waals surface area contributed by atoms with Gasteiger partial charge in [-0.2, -0.15) is 11.8 Å². The fraction of sp³-hybridized carbons (Fsp3) is 1.00. The number of hydrogen-bond acceptors (Lipinski definition) is 4. The summed E-state index contributed by atoms with van der Waals surface area (Å²) in [6, 6.07) is 0. The number of rotatable bonds is 6. The molecule has 0 aromatic rings. The highest BCUT2D eigenvalue weighted by Gasteiger charge is 2.09. The van der Waals surface area contributed by atoms with E-state index in [0.717, 1.165) is 0 Å². The standard InChI is InChI=1S/C6H16N2O2S2/c1-6(11-2)5-8-12(9,10)4-3-7/h6,8H,3-5,7H2,1-2H3. The monoisotopic (exact) mass is 212 g/mol. The topological polar surface area (TPSA) is 72.2 Å². The molecular weight excluding hydrogens is 196 g/mol. The maximum absolute atomic E-state index is 11.1. The summed E-state index contributed by atoms with van der Waals surface area (Å²) in [5.74, 6) is 0.00804. The predicted molar refractivity (Wildman–Crippen MR) is 53.8 cm³/mol. The van der Waals surface area contributed by atoms with Gasteiger partial charge in [0.1, 0.15) is 0 Å². The molecule has 0 aliphatic heterocycles. The van der Waals surface area contributed by atoms with Crippen molar-refractivity contribution in [3.05, 3.63) is 0 Å². The Hall–Kier alpha value is 0.220. The highest BCUT2D eigenvalue weighted by atomic mass is 32.2. The van der Waals surface area contributed by atoms with Crippen LogP contribution in [0, 0.1) is 0 Å². The molecule has 0 saturated heterocycles. The molecule has 0 aliphatic rings. The summed E-state index contributed by atoms with van der Waals surface area (Å²) in [6.07, 6.45) is 1.95. The van der Waals surface area contributed by atoms with Gasteiger partial charge in [0.2, 0.25) is 10.0 Å². The van der Waals surface area contributed by atoms with E-state index in [1.807, 2.05) is 13.2 Å². The van der Waals surface area contributed by atoms with Gasteiger partial charge in [0, 0.05) is 18.3 Å². The molecule has 0 radical (unpaired) electrons. The minimum absolute atomic E-state index is 0.00804. The van der Waals surface area contributed by atoms with Crippen LogP contribution < -0.4 is 10.5 Å². The third kappa shape index (κ3) is 5.82. The maximum Gasteiger partial charge on any atom is 0.212 e. The lowest BCUT2D eigenvalue weighted by atomic mass is 10.5. The molecule has 1 atom stereocenters. The van der Waals surface area contributed by atoms with Gasteiger partial charge in [-0.25, -0.2) is 13.1 Å². The summed E-state index contributed by atoms with van der Waals surface area (Å²) in [7, 11) is -3.13. The van der Waals surface area contributed by atoms with E-state index in [9.17, 15) is 8.42 Å². The molecule has 0 amide bonds. The van der Waals surface area contributed by atoms with Crippen molar-refractivity contribution in [3.63, 3.8) is 0 Å². The van der Waals surface area contributed by atoms with Crippen LogP contribution in [0.1, 0.15) is 6.92 Å². The van der Waals surface area contributed by atoms with Crippen molar-refractivity contribution in [3.8, 4) is 0 Å². The van der Waals surface area contributed by atoms with Gasteiger partial charge in [0.05, 0.1) is 5.75 Å². The van der Waals surface area contributed by atoms with Crippen molar-refractivity contribution in [1.82, 2.24) is 4.72 Å². The van der Waals surface area contributed by atoms with Gasteiger partial charge in [-0.15, -0.1) is 0 Å². The molecule has 0 aliphatic carbocycles. The zero-order valence-corrected chi connectivity index (χ0v) is 9.04. The lowest BCUT2D eigenvalue weighted by molar-refractivity contribution is 0.581. The highest BCUT2D eigenvalue weighted by Crippen LogP contribution is 2.02. The molecule has 0 spiro atoms. The predicted octanol–water partition coefficient (Wildman–Crippen LogP) is -0.384. The van der Waals surface area contributed by atoms with Gasteiger partial charge < -0.3 is 5.73 Å². The lowest BCUT2D eigenvalue weighted by Gasteiger charge is -2.09. The molecule has 0 aromatic carbocycles. The molecule has 6 heteroatoms. The van der Waals surface area contributed by atoms with Gasteiger partial charge in [-0.1, -0.05) is 6.92 Å². The second-order valence-electron chi connectivity index (χ2n) is 2.50. The average molecular weight is 212 g/mol. The summed E-state index contributed by atoms with van der Waals surface area (Å²) in [5.41, 5.74) is 5.13. The number of nitrogens with one attached hydrogen (secondary N) is 1. The Morgan fingerprint density at radius 2 is 2.17 bits per heavy atom. The second-order valence-corrected chi connectivity index (χ2v) is 5.70. The van der Waals surface area contributed by atoms with E-state index in [0.29, 0.717) is 11.8 Å². The first-order valence-electron chi connectivity index (χ1n) is 3.72. The summed E-state index contributed by atoms with van der Waals surface area (Å²) in [5, 5.41) is 0.303. The molecule has 74 valence electrons. The van der Waals surface area contributed by atoms with Crippen molar-refractivity contribution >= 4 is 21.8 Å². The molecule has 4 nitrogen and oxygen atoms in total. The normalized spacial score (nSPS) is 14.6. The molecule has 1 unspecified atom stereocenters. The summed E-state index contributed by atoms with van der Waals surface area (Å²) >= 11 is 1.63. The summed E-state index contributed by atoms with van der Waals surface area (Å²) in [6.45, 7) is 2.61. The molecule has 0 rings (SSSR count). The van der Waals surface area contributed by atoms with Crippen LogP contribution in [0.5, 0.6) is 0 Å². The van der Waals surface area contributed by atoms with E-state index >= 15 is 0 Å². The van der Waals surface area contributed by atoms with Crippen LogP contribution in [0.15, 0.2) is 0 Å². The Labute approximate surface area is 78.3 Å². The van der Waals surface area contributed by atoms with Crippen molar-refractivity contribution in [2.45, 2.75) is 12.2 Å². The number of nitrogens with two attached hydrogens (primary N) is 1. The molecule has 3 N–H and O–H groups in total. The van der Waals surface area contributed by atoms with Crippen LogP contribution in [-0.4, -0.2) is 38.8 Å². The smallest absolute Gasteiger partial charge is 0.212 e. The van der Waals surface area contributed by atoms with Crippen molar-refractivity contribution in [2.24, 2.45) is 5.73 Å². The quantitative estimate of drug-likeness (QED) is 0.629. The van der Waals surface area contributed by atoms with Crippen LogP contribution in [0.4, 0.5) is 0 Å². The molecule has 12 heavy (non-hydrogen) atoms. The Balaban J connectivity index is 3.76. The van der Waals surface area contributed by atoms with Gasteiger partial charge in [0.15, 0.2) is 0 Å². The highest BCUT2D eigenvalue weighted by molar-refractivity contribution is 7.99. The van der Waals surface area contributed by atoms with Crippen LogP contribution in [0.3, 0.4) is 0 Å². The Kier molecular flexibility index (Phi) is 5.90. The van der Waals surface area contributed by atoms with Crippen molar-refractivity contribution in [1.29, 1.82) is 0 Å². The van der Waals surface area contributed by atoms with Crippen LogP contribution in [0.2, 0.25) is 0 Å². The molecular formula is C6H16N2O2S2. The summed E-state index contributed by atoms with van der Waals surface area (Å²) < 4.78 is 24.6. The second kappa shape index (κ2) is 5.80. The Bertz CT molecular complexity index is 204. The van der Waals surface area contributed by atoms with Gasteiger partial charge in [-0.05, 0) is 6.26 Å². The zero-order chi connectivity index (χ0) is 9.61. The fourth-order valence-corrected chi connectivity index (χ4v) is 1.87. The van der Waals surface area contributed by atoms with E-state index in [1.54, 1.807) is 11.8 Å². The van der Waals surface area contributed by atoms with E-state index in [2.05, 4.69) is 4.72 Å². The maximum atomic E-state index is 11.1. The SMILES string of the molecule is CSC(C)CNS(=O)(=O)CCN. The molecule has 0 bridgehead atoms. The number of sulfonamides is 1. The van der Waals surface area contributed by atoms with Crippen LogP contribution >= 0.6 is 11.8 Å². The van der Waals surface area contributed by atoms with E-state index in [-0.39, 0.29) is 12.3 Å². The van der Waals surface area contributed by atoms with Crippen LogP contribution in [0.25, 0.3) is 0 Å². The average Bonchev–Trinajstić information content (AvgIpc) is 2.00. The minimum atomic E-state index is -3.13. The fourth-order valence-electron chi connectivity index (χ4n) is 0.555. The zero-order valence-electron chi connectivity index (χ0n) is 7.41. The first-order valence-corrected chi connectivity index (χ1v) is 6.66. The largest absolute Gasteiger partial charge is 0.329 e. The van der Waals surface area contributed by atoms with E-state index in [4.69, 9.17) is 5.73 Å². The van der Waals surface area contributed by atoms with Crippen LogP contribution in [-0.2, 0) is 10.0 Å².